The lowest BCUT2D eigenvalue weighted by Gasteiger charge is -2.38. The van der Waals surface area contributed by atoms with Crippen LogP contribution in [-0.4, -0.2) is 80.3 Å². The largest absolute Gasteiger partial charge is 0.476 e. The zero-order chi connectivity index (χ0) is 32.6. The molecule has 15 heteroatoms. The first-order valence-corrected chi connectivity index (χ1v) is 16.0. The van der Waals surface area contributed by atoms with Crippen LogP contribution in [0.5, 0.6) is 5.75 Å². The van der Waals surface area contributed by atoms with Crippen LogP contribution in [-0.2, 0) is 26.8 Å². The Labute approximate surface area is 257 Å². The van der Waals surface area contributed by atoms with Gasteiger partial charge in [-0.1, -0.05) is 0 Å². The second kappa shape index (κ2) is 10.5. The number of pyridine rings is 1. The number of carbonyl (C=O) groups is 2. The second-order valence-electron chi connectivity index (χ2n) is 11.9. The molecule has 1 atom stereocenters. The summed E-state index contributed by atoms with van der Waals surface area (Å²) < 4.78 is 61.5. The molecule has 1 fully saturated rings. The number of aryl methyl sites for hydroxylation is 1. The minimum absolute atomic E-state index is 0.0159. The van der Waals surface area contributed by atoms with Crippen LogP contribution in [0.15, 0.2) is 36.8 Å². The van der Waals surface area contributed by atoms with Gasteiger partial charge in [0, 0.05) is 60.7 Å². The van der Waals surface area contributed by atoms with Crippen LogP contribution in [0.2, 0.25) is 0 Å². The van der Waals surface area contributed by atoms with Gasteiger partial charge in [-0.25, -0.2) is 32.2 Å². The van der Waals surface area contributed by atoms with Crippen molar-refractivity contribution in [3.05, 3.63) is 71.2 Å². The highest BCUT2D eigenvalue weighted by atomic mass is 32.2. The van der Waals surface area contributed by atoms with Crippen molar-refractivity contribution < 1.29 is 36.6 Å². The molecule has 1 saturated heterocycles. The number of ether oxygens (including phenoxy) is 1. The van der Waals surface area contributed by atoms with E-state index >= 15 is 8.78 Å². The number of fused-ring (bicyclic) bond motifs is 2. The van der Waals surface area contributed by atoms with Gasteiger partial charge in [0.25, 0.3) is 11.8 Å². The third kappa shape index (κ3) is 5.39. The molecule has 45 heavy (non-hydrogen) atoms. The summed E-state index contributed by atoms with van der Waals surface area (Å²) in [5, 5.41) is 9.49. The molecular formula is C30H30F2N6O6S. The van der Waals surface area contributed by atoms with E-state index < -0.39 is 50.2 Å². The summed E-state index contributed by atoms with van der Waals surface area (Å²) in [5.74, 6) is -2.56. The van der Waals surface area contributed by atoms with E-state index in [1.54, 1.807) is 11.3 Å². The third-order valence-electron chi connectivity index (χ3n) is 8.04. The molecule has 1 N–H and O–H groups in total. The van der Waals surface area contributed by atoms with E-state index in [0.29, 0.717) is 17.0 Å². The fraction of sp³-hybridized carbons (Fsp3) is 0.367. The highest BCUT2D eigenvalue weighted by Crippen LogP contribution is 2.39. The molecule has 4 aromatic rings. The molecule has 0 saturated carbocycles. The van der Waals surface area contributed by atoms with Crippen LogP contribution in [0.4, 0.5) is 14.5 Å². The molecule has 12 nitrogen and oxygen atoms in total. The highest BCUT2D eigenvalue weighted by molar-refractivity contribution is 7.91. The molecule has 0 spiro atoms. The molecule has 3 aromatic heterocycles. The Hall–Kier alpha value is -4.50. The van der Waals surface area contributed by atoms with Gasteiger partial charge in [0.15, 0.2) is 33.3 Å². The number of carbonyl (C=O) groups excluding carboxylic acids is 2. The number of sulfone groups is 1. The number of aliphatic hydroxyl groups is 1. The second-order valence-corrected chi connectivity index (χ2v) is 14.2. The minimum Gasteiger partial charge on any atom is -0.476 e. The summed E-state index contributed by atoms with van der Waals surface area (Å²) in [5.41, 5.74) is 0.392. The number of imidazole rings is 1. The first kappa shape index (κ1) is 30.5. The minimum atomic E-state index is -3.33. The van der Waals surface area contributed by atoms with Gasteiger partial charge in [-0.15, -0.1) is 0 Å². The van der Waals surface area contributed by atoms with Gasteiger partial charge in [0.2, 0.25) is 0 Å². The quantitative estimate of drug-likeness (QED) is 0.336. The number of rotatable bonds is 6. The van der Waals surface area contributed by atoms with E-state index in [4.69, 9.17) is 4.74 Å². The first-order chi connectivity index (χ1) is 21.0. The van der Waals surface area contributed by atoms with Crippen LogP contribution in [0, 0.1) is 18.6 Å². The summed E-state index contributed by atoms with van der Waals surface area (Å²) in [6.45, 7) is 6.09. The van der Waals surface area contributed by atoms with Crippen LogP contribution in [0.3, 0.4) is 0 Å². The average Bonchev–Trinajstić information content (AvgIpc) is 3.22. The van der Waals surface area contributed by atoms with Crippen LogP contribution in [0.1, 0.15) is 48.3 Å². The van der Waals surface area contributed by atoms with Crippen molar-refractivity contribution in [3.63, 3.8) is 0 Å². The SMILES string of the molecule is Cc1nc2cc(F)c(-c3cnc(C(C)(C)O)nc3)cn2c1CN1C(=O)C(C)Oc2c(F)cc(C(=O)N3CC(S(C)(=O)=O)C3)cc21. The fourth-order valence-electron chi connectivity index (χ4n) is 5.37. The Morgan fingerprint density at radius 2 is 1.80 bits per heavy atom. The third-order valence-corrected chi connectivity index (χ3v) is 9.55. The van der Waals surface area contributed by atoms with Gasteiger partial charge in [-0.05, 0) is 39.8 Å². The van der Waals surface area contributed by atoms with Crippen LogP contribution in [0.25, 0.3) is 16.8 Å². The molecule has 1 aromatic carbocycles. The molecule has 5 heterocycles. The summed E-state index contributed by atoms with van der Waals surface area (Å²) in [6, 6.07) is 3.60. The van der Waals surface area contributed by atoms with E-state index in [1.165, 1.54) is 61.3 Å². The van der Waals surface area contributed by atoms with E-state index in [0.717, 1.165) is 12.3 Å². The molecule has 0 aliphatic carbocycles. The van der Waals surface area contributed by atoms with E-state index in [-0.39, 0.29) is 53.7 Å². The molecule has 2 aliphatic heterocycles. The Morgan fingerprint density at radius 3 is 2.42 bits per heavy atom. The molecule has 6 rings (SSSR count). The Morgan fingerprint density at radius 1 is 1.13 bits per heavy atom. The summed E-state index contributed by atoms with van der Waals surface area (Å²) in [6.07, 6.45) is 4.35. The highest BCUT2D eigenvalue weighted by Gasteiger charge is 2.40. The Kier molecular flexibility index (Phi) is 7.16. The number of amides is 2. The van der Waals surface area contributed by atoms with Crippen molar-refractivity contribution in [1.29, 1.82) is 0 Å². The van der Waals surface area contributed by atoms with Crippen molar-refractivity contribution in [2.24, 2.45) is 0 Å². The van der Waals surface area contributed by atoms with Crippen molar-refractivity contribution in [3.8, 4) is 16.9 Å². The Bertz CT molecular complexity index is 1980. The average molecular weight is 641 g/mol. The number of likely N-dealkylation sites (tertiary alicyclic amines) is 1. The number of nitrogens with zero attached hydrogens (tertiary/aromatic N) is 6. The van der Waals surface area contributed by atoms with Gasteiger partial charge < -0.3 is 19.1 Å². The topological polar surface area (TPSA) is 147 Å². The first-order valence-electron chi connectivity index (χ1n) is 14.0. The lowest BCUT2D eigenvalue weighted by molar-refractivity contribution is -0.125. The predicted molar refractivity (Wildman–Crippen MR) is 158 cm³/mol. The number of hydrogen-bond donors (Lipinski definition) is 1. The zero-order valence-corrected chi connectivity index (χ0v) is 25.9. The smallest absolute Gasteiger partial charge is 0.268 e. The zero-order valence-electron chi connectivity index (χ0n) is 25.1. The normalized spacial score (nSPS) is 17.3. The number of benzene rings is 1. The summed E-state index contributed by atoms with van der Waals surface area (Å²) in [4.78, 5) is 42.0. The van der Waals surface area contributed by atoms with E-state index in [2.05, 4.69) is 15.0 Å². The number of halogens is 2. The van der Waals surface area contributed by atoms with Crippen molar-refractivity contribution in [2.45, 2.75) is 51.2 Å². The van der Waals surface area contributed by atoms with Crippen molar-refractivity contribution in [1.82, 2.24) is 24.3 Å². The summed E-state index contributed by atoms with van der Waals surface area (Å²) >= 11 is 0. The molecule has 2 amide bonds. The van der Waals surface area contributed by atoms with Gasteiger partial charge in [0.1, 0.15) is 17.1 Å². The lowest BCUT2D eigenvalue weighted by atomic mass is 10.1. The van der Waals surface area contributed by atoms with E-state index in [1.807, 2.05) is 0 Å². The van der Waals surface area contributed by atoms with Gasteiger partial charge >= 0.3 is 0 Å². The fourth-order valence-corrected chi connectivity index (χ4v) is 6.27. The van der Waals surface area contributed by atoms with Crippen LogP contribution >= 0.6 is 0 Å². The standard InChI is InChI=1S/C30H30F2N6O6S/c1-15-24(37-13-20(21(31)8-25(37)35-15)18-9-33-29(34-10-18)30(3,4)41)14-38-23-7-17(6-22(32)26(23)44-16(2)27(38)39)28(40)36-11-19(12-36)45(5,42)43/h6-10,13,16,19,41H,11-12,14H2,1-5H3. The Balaban J connectivity index is 1.38. The lowest BCUT2D eigenvalue weighted by Crippen LogP contribution is -2.56. The maximum Gasteiger partial charge on any atom is 0.268 e. The van der Waals surface area contributed by atoms with Gasteiger partial charge in [-0.3, -0.25) is 14.5 Å². The number of hydrogen-bond acceptors (Lipinski definition) is 9. The van der Waals surface area contributed by atoms with Gasteiger partial charge in [-0.2, -0.15) is 0 Å². The maximum absolute atomic E-state index is 15.4. The molecule has 2 aliphatic rings. The van der Waals surface area contributed by atoms with Gasteiger partial charge in [0.05, 0.1) is 28.9 Å². The molecule has 1 unspecified atom stereocenters. The number of aromatic nitrogens is 4. The maximum atomic E-state index is 15.4. The van der Waals surface area contributed by atoms with Crippen molar-refractivity contribution in [2.75, 3.05) is 24.2 Å². The molecule has 0 bridgehead atoms. The van der Waals surface area contributed by atoms with E-state index in [9.17, 15) is 23.1 Å². The summed E-state index contributed by atoms with van der Waals surface area (Å²) in [7, 11) is -3.33. The number of anilines is 1. The monoisotopic (exact) mass is 640 g/mol. The van der Waals surface area contributed by atoms with Crippen LogP contribution < -0.4 is 9.64 Å². The predicted octanol–water partition coefficient (Wildman–Crippen LogP) is 2.79. The molecule has 0 radical (unpaired) electrons. The molecular weight excluding hydrogens is 610 g/mol. The van der Waals surface area contributed by atoms with Crippen molar-refractivity contribution >= 4 is 33.0 Å². The molecule has 236 valence electrons.